The first kappa shape index (κ1) is 26.8. The van der Waals surface area contributed by atoms with Gasteiger partial charge in [-0.25, -0.2) is 9.40 Å². The Morgan fingerprint density at radius 2 is 1.79 bits per heavy atom. The second kappa shape index (κ2) is 12.3. The van der Waals surface area contributed by atoms with Crippen LogP contribution in [0, 0.1) is 5.82 Å². The zero-order valence-electron chi connectivity index (χ0n) is 21.6. The van der Waals surface area contributed by atoms with Crippen molar-refractivity contribution in [3.63, 3.8) is 0 Å². The summed E-state index contributed by atoms with van der Waals surface area (Å²) in [6.45, 7) is 0.0963. The molecule has 0 aromatic heterocycles. The maximum absolute atomic E-state index is 13.8. The molecule has 3 aromatic carbocycles. The molecule has 0 spiro atoms. The van der Waals surface area contributed by atoms with Crippen molar-refractivity contribution in [2.45, 2.75) is 12.5 Å². The molecule has 3 aromatic rings. The van der Waals surface area contributed by atoms with Gasteiger partial charge in [0.15, 0.2) is 0 Å². The Morgan fingerprint density at radius 3 is 2.53 bits per heavy atom. The summed E-state index contributed by atoms with van der Waals surface area (Å²) >= 11 is 0. The van der Waals surface area contributed by atoms with E-state index in [-0.39, 0.29) is 31.2 Å². The SMILES string of the molecule is COCCN(CC(=O)N1N=C(c2cccc(OC)c2)C[C@H]1c1ccccc1OC)C(=O)c1cccc(F)c1. The van der Waals surface area contributed by atoms with Crippen LogP contribution in [0.1, 0.15) is 33.9 Å². The maximum Gasteiger partial charge on any atom is 0.262 e. The van der Waals surface area contributed by atoms with Gasteiger partial charge in [-0.1, -0.05) is 36.4 Å². The lowest BCUT2D eigenvalue weighted by molar-refractivity contribution is -0.133. The Morgan fingerprint density at radius 1 is 1.00 bits per heavy atom. The minimum atomic E-state index is -0.530. The van der Waals surface area contributed by atoms with Crippen molar-refractivity contribution in [3.05, 3.63) is 95.3 Å². The zero-order chi connectivity index (χ0) is 27.1. The standard InChI is InChI=1S/C29H30FN3O5/c1-36-15-14-32(29(35)21-9-6-10-22(30)16-21)19-28(34)33-26(24-12-4-5-13-27(24)38-3)18-25(31-33)20-8-7-11-23(17-20)37-2/h4-13,16-17,26H,14-15,18-19H2,1-3H3/t26-/m0/s1. The molecular formula is C29H30FN3O5. The minimum absolute atomic E-state index is 0.150. The van der Waals surface area contributed by atoms with Gasteiger partial charge in [0, 0.05) is 36.8 Å². The molecule has 0 saturated carbocycles. The van der Waals surface area contributed by atoms with Gasteiger partial charge < -0.3 is 19.1 Å². The number of nitrogens with zero attached hydrogens (tertiary/aromatic N) is 3. The summed E-state index contributed by atoms with van der Waals surface area (Å²) in [6.07, 6.45) is 0.440. The number of benzene rings is 3. The maximum atomic E-state index is 13.8. The smallest absolute Gasteiger partial charge is 0.262 e. The van der Waals surface area contributed by atoms with Crippen LogP contribution in [0.5, 0.6) is 11.5 Å². The van der Waals surface area contributed by atoms with E-state index in [1.165, 1.54) is 35.2 Å². The number of ether oxygens (including phenoxy) is 3. The number of hydrogen-bond donors (Lipinski definition) is 0. The topological polar surface area (TPSA) is 80.7 Å². The summed E-state index contributed by atoms with van der Waals surface area (Å²) in [6, 6.07) is 19.9. The second-order valence-electron chi connectivity index (χ2n) is 8.71. The normalized spacial score (nSPS) is 14.7. The highest BCUT2D eigenvalue weighted by Crippen LogP contribution is 2.37. The van der Waals surface area contributed by atoms with Crippen molar-refractivity contribution in [1.82, 2.24) is 9.91 Å². The average Bonchev–Trinajstić information content (AvgIpc) is 3.40. The summed E-state index contributed by atoms with van der Waals surface area (Å²) in [5, 5.41) is 6.11. The molecule has 2 amide bonds. The average molecular weight is 520 g/mol. The highest BCUT2D eigenvalue weighted by molar-refractivity contribution is 6.04. The number of para-hydroxylation sites is 1. The Labute approximate surface area is 221 Å². The Kier molecular flexibility index (Phi) is 8.70. The number of amides is 2. The van der Waals surface area contributed by atoms with Crippen LogP contribution in [0.4, 0.5) is 4.39 Å². The quantitative estimate of drug-likeness (QED) is 0.399. The molecule has 0 radical (unpaired) electrons. The van der Waals surface area contributed by atoms with Crippen LogP contribution in [0.25, 0.3) is 0 Å². The van der Waals surface area contributed by atoms with Crippen LogP contribution in [0.2, 0.25) is 0 Å². The van der Waals surface area contributed by atoms with Crippen LogP contribution in [0.3, 0.4) is 0 Å². The van der Waals surface area contributed by atoms with E-state index in [1.54, 1.807) is 14.2 Å². The van der Waals surface area contributed by atoms with Crippen molar-refractivity contribution >= 4 is 17.5 Å². The molecule has 0 bridgehead atoms. The number of methoxy groups -OCH3 is 3. The monoisotopic (exact) mass is 519 g/mol. The lowest BCUT2D eigenvalue weighted by Gasteiger charge is -2.27. The second-order valence-corrected chi connectivity index (χ2v) is 8.71. The van der Waals surface area contributed by atoms with E-state index >= 15 is 0 Å². The van der Waals surface area contributed by atoms with E-state index in [4.69, 9.17) is 19.3 Å². The predicted octanol–water partition coefficient (Wildman–Crippen LogP) is 4.31. The first-order chi connectivity index (χ1) is 18.4. The van der Waals surface area contributed by atoms with Gasteiger partial charge in [0.1, 0.15) is 23.9 Å². The van der Waals surface area contributed by atoms with Crippen molar-refractivity contribution < 1.29 is 28.2 Å². The largest absolute Gasteiger partial charge is 0.497 e. The first-order valence-corrected chi connectivity index (χ1v) is 12.2. The van der Waals surface area contributed by atoms with E-state index in [9.17, 15) is 14.0 Å². The molecule has 9 heteroatoms. The number of carbonyl (C=O) groups is 2. The van der Waals surface area contributed by atoms with Crippen LogP contribution in [-0.4, -0.2) is 68.5 Å². The summed E-state index contributed by atoms with van der Waals surface area (Å²) in [4.78, 5) is 28.3. The van der Waals surface area contributed by atoms with Crippen molar-refractivity contribution in [2.24, 2.45) is 5.10 Å². The lowest BCUT2D eigenvalue weighted by atomic mass is 9.97. The molecule has 1 heterocycles. The van der Waals surface area contributed by atoms with Crippen LogP contribution < -0.4 is 9.47 Å². The number of carbonyl (C=O) groups excluding carboxylic acids is 2. The molecule has 0 aliphatic carbocycles. The molecule has 198 valence electrons. The molecule has 8 nitrogen and oxygen atoms in total. The van der Waals surface area contributed by atoms with Crippen LogP contribution in [0.15, 0.2) is 77.9 Å². The molecule has 38 heavy (non-hydrogen) atoms. The third-order valence-corrected chi connectivity index (χ3v) is 6.32. The van der Waals surface area contributed by atoms with Crippen molar-refractivity contribution in [1.29, 1.82) is 0 Å². The summed E-state index contributed by atoms with van der Waals surface area (Å²) in [5.41, 5.74) is 2.47. The molecule has 0 unspecified atom stereocenters. The number of hydrazone groups is 1. The van der Waals surface area contributed by atoms with Gasteiger partial charge in [0.2, 0.25) is 0 Å². The molecule has 0 fully saturated rings. The fourth-order valence-electron chi connectivity index (χ4n) is 4.40. The fourth-order valence-corrected chi connectivity index (χ4v) is 4.40. The van der Waals surface area contributed by atoms with E-state index in [2.05, 4.69) is 0 Å². The summed E-state index contributed by atoms with van der Waals surface area (Å²) < 4.78 is 29.9. The van der Waals surface area contributed by atoms with Gasteiger partial charge in [-0.3, -0.25) is 9.59 Å². The Balaban J connectivity index is 1.67. The lowest BCUT2D eigenvalue weighted by Crippen LogP contribution is -2.42. The number of halogens is 1. The van der Waals surface area contributed by atoms with Gasteiger partial charge in [0.25, 0.3) is 11.8 Å². The highest BCUT2D eigenvalue weighted by atomic mass is 19.1. The molecule has 4 rings (SSSR count). The van der Waals surface area contributed by atoms with Gasteiger partial charge >= 0.3 is 0 Å². The van der Waals surface area contributed by atoms with Crippen LogP contribution in [-0.2, 0) is 9.53 Å². The summed E-state index contributed by atoms with van der Waals surface area (Å²) in [7, 11) is 4.68. The third kappa shape index (κ3) is 6.00. The predicted molar refractivity (Wildman–Crippen MR) is 141 cm³/mol. The Bertz CT molecular complexity index is 1330. The Hall–Kier alpha value is -4.24. The molecule has 1 atom stereocenters. The van der Waals surface area contributed by atoms with E-state index in [0.717, 1.165) is 17.2 Å². The first-order valence-electron chi connectivity index (χ1n) is 12.2. The van der Waals surface area contributed by atoms with E-state index in [1.807, 2.05) is 48.5 Å². The third-order valence-electron chi connectivity index (χ3n) is 6.32. The minimum Gasteiger partial charge on any atom is -0.497 e. The van der Waals surface area contributed by atoms with Gasteiger partial charge in [-0.15, -0.1) is 0 Å². The summed E-state index contributed by atoms with van der Waals surface area (Å²) in [5.74, 6) is -0.0866. The van der Waals surface area contributed by atoms with E-state index in [0.29, 0.717) is 23.6 Å². The number of rotatable bonds is 10. The molecule has 1 aliphatic rings. The molecule has 1 aliphatic heterocycles. The van der Waals surface area contributed by atoms with Gasteiger partial charge in [-0.2, -0.15) is 5.10 Å². The van der Waals surface area contributed by atoms with Gasteiger partial charge in [-0.05, 0) is 36.4 Å². The molecular weight excluding hydrogens is 489 g/mol. The van der Waals surface area contributed by atoms with Crippen LogP contribution >= 0.6 is 0 Å². The van der Waals surface area contributed by atoms with Crippen molar-refractivity contribution in [2.75, 3.05) is 41.0 Å². The van der Waals surface area contributed by atoms with Crippen molar-refractivity contribution in [3.8, 4) is 11.5 Å². The molecule has 0 N–H and O–H groups in total. The fraction of sp³-hybridized carbons (Fsp3) is 0.276. The highest BCUT2D eigenvalue weighted by Gasteiger charge is 2.36. The number of hydrogen-bond acceptors (Lipinski definition) is 6. The van der Waals surface area contributed by atoms with Gasteiger partial charge in [0.05, 0.1) is 32.6 Å². The zero-order valence-corrected chi connectivity index (χ0v) is 21.6. The van der Waals surface area contributed by atoms with E-state index < -0.39 is 17.8 Å². The molecule has 0 saturated heterocycles.